The van der Waals surface area contributed by atoms with Crippen LogP contribution in [0.25, 0.3) is 101 Å². The molecule has 0 saturated carbocycles. The molecule has 0 aliphatic rings. The molecule has 0 aliphatic heterocycles. The number of benzene rings is 7. The second kappa shape index (κ2) is 10.3. The number of hydrogen-bond donors (Lipinski definition) is 0. The Morgan fingerprint density at radius 3 is 1.90 bits per heavy atom. The van der Waals surface area contributed by atoms with E-state index in [1.165, 1.54) is 62.2 Å². The van der Waals surface area contributed by atoms with Crippen molar-refractivity contribution in [2.24, 2.45) is 0 Å². The Bertz CT molecular complexity index is 3110. The average Bonchev–Trinajstić information content (AvgIpc) is 3.84. The number of rotatable bonds is 3. The van der Waals surface area contributed by atoms with Crippen molar-refractivity contribution in [3.05, 3.63) is 152 Å². The van der Waals surface area contributed by atoms with Crippen molar-refractivity contribution in [2.45, 2.75) is 0 Å². The summed E-state index contributed by atoms with van der Waals surface area (Å²) >= 11 is 3.82. The monoisotopic (exact) mass is 659 g/mol. The zero-order chi connectivity index (χ0) is 32.1. The first-order chi connectivity index (χ1) is 24.3. The maximum Gasteiger partial charge on any atom is 0.160 e. The summed E-state index contributed by atoms with van der Waals surface area (Å²) in [5, 5.41) is 8.99. The van der Waals surface area contributed by atoms with E-state index in [1.807, 2.05) is 34.8 Å². The van der Waals surface area contributed by atoms with Crippen molar-refractivity contribution in [2.75, 3.05) is 0 Å². The first-order valence-corrected chi connectivity index (χ1v) is 18.1. The fraction of sp³-hybridized carbons (Fsp3) is 0. The average molecular weight is 660 g/mol. The molecule has 4 heterocycles. The molecular weight excluding hydrogens is 635 g/mol. The molecule has 0 saturated heterocycles. The van der Waals surface area contributed by atoms with Gasteiger partial charge >= 0.3 is 0 Å². The van der Waals surface area contributed by atoms with Crippen molar-refractivity contribution in [3.8, 4) is 28.3 Å². The van der Waals surface area contributed by atoms with E-state index in [1.54, 1.807) is 0 Å². The zero-order valence-corrected chi connectivity index (χ0v) is 27.7. The highest BCUT2D eigenvalue weighted by molar-refractivity contribution is 7.30. The van der Waals surface area contributed by atoms with Gasteiger partial charge in [0.2, 0.25) is 0 Å². The summed E-state index contributed by atoms with van der Waals surface area (Å²) in [5.74, 6) is 0.721. The molecule has 0 atom stereocenters. The lowest BCUT2D eigenvalue weighted by Crippen LogP contribution is -1.98. The van der Waals surface area contributed by atoms with Crippen molar-refractivity contribution < 1.29 is 0 Å². The fourth-order valence-corrected chi connectivity index (χ4v) is 10.3. The van der Waals surface area contributed by atoms with Crippen molar-refractivity contribution >= 4 is 95.7 Å². The van der Waals surface area contributed by atoms with E-state index >= 15 is 0 Å². The molecule has 49 heavy (non-hydrogen) atoms. The van der Waals surface area contributed by atoms with Gasteiger partial charge in [-0.2, -0.15) is 0 Å². The summed E-state index contributed by atoms with van der Waals surface area (Å²) in [4.78, 5) is 10.3. The van der Waals surface area contributed by atoms with Gasteiger partial charge in [-0.15, -0.1) is 22.7 Å². The lowest BCUT2D eigenvalue weighted by molar-refractivity contribution is 1.18. The highest BCUT2D eigenvalue weighted by Crippen LogP contribution is 2.52. The minimum Gasteiger partial charge on any atom is -0.308 e. The number of nitrogens with zero attached hydrogens (tertiary/aromatic N) is 3. The van der Waals surface area contributed by atoms with Crippen LogP contribution in [-0.4, -0.2) is 14.5 Å². The van der Waals surface area contributed by atoms with Crippen LogP contribution in [0.2, 0.25) is 0 Å². The van der Waals surface area contributed by atoms with E-state index in [0.29, 0.717) is 0 Å². The Balaban J connectivity index is 1.26. The summed E-state index contributed by atoms with van der Waals surface area (Å²) in [6.07, 6.45) is 0. The molecular formula is C44H25N3S2. The third kappa shape index (κ3) is 3.88. The molecule has 0 amide bonds. The van der Waals surface area contributed by atoms with Crippen LogP contribution in [0.3, 0.4) is 0 Å². The van der Waals surface area contributed by atoms with Crippen LogP contribution in [0.15, 0.2) is 152 Å². The second-order valence-electron chi connectivity index (χ2n) is 12.5. The highest BCUT2D eigenvalue weighted by Gasteiger charge is 2.24. The number of hydrogen-bond acceptors (Lipinski definition) is 4. The Morgan fingerprint density at radius 2 is 1.08 bits per heavy atom. The first kappa shape index (κ1) is 27.1. The van der Waals surface area contributed by atoms with Crippen LogP contribution < -0.4 is 0 Å². The molecule has 11 aromatic rings. The summed E-state index contributed by atoms with van der Waals surface area (Å²) < 4.78 is 7.81. The lowest BCUT2D eigenvalue weighted by atomic mass is 10.0. The van der Waals surface area contributed by atoms with Crippen LogP contribution in [-0.2, 0) is 0 Å². The first-order valence-electron chi connectivity index (χ1n) is 16.4. The Hall–Kier alpha value is -5.88. The molecule has 0 radical (unpaired) electrons. The third-order valence-corrected chi connectivity index (χ3v) is 12.1. The van der Waals surface area contributed by atoms with Gasteiger partial charge < -0.3 is 4.57 Å². The van der Waals surface area contributed by atoms with E-state index < -0.39 is 0 Å². The molecule has 0 spiro atoms. The Kier molecular flexibility index (Phi) is 5.70. The van der Waals surface area contributed by atoms with Gasteiger partial charge in [0.15, 0.2) is 5.82 Å². The molecule has 0 unspecified atom stereocenters. The normalized spacial score (nSPS) is 12.1. The smallest absolute Gasteiger partial charge is 0.160 e. The lowest BCUT2D eigenvalue weighted by Gasteiger charge is -2.12. The molecule has 11 rings (SSSR count). The summed E-state index contributed by atoms with van der Waals surface area (Å²) in [7, 11) is 0. The van der Waals surface area contributed by atoms with E-state index in [-0.39, 0.29) is 0 Å². The van der Waals surface area contributed by atoms with E-state index in [2.05, 4.69) is 144 Å². The summed E-state index contributed by atoms with van der Waals surface area (Å²) in [5.41, 5.74) is 7.51. The highest BCUT2D eigenvalue weighted by atomic mass is 32.1. The van der Waals surface area contributed by atoms with Gasteiger partial charge in [0, 0.05) is 68.6 Å². The van der Waals surface area contributed by atoms with Gasteiger partial charge in [-0.25, -0.2) is 9.97 Å². The standard InChI is InChI=1S/C44H25N3S2/c1-2-13-26(14-3-1)40-29-17-4-8-21-33(29)45-44(46-40)27-15-12-16-28(25-27)47-34-22-9-5-18-30(34)37-38-31-19-6-10-23-35(31)48-42(38)39-32-20-7-11-24-36(32)49-43(39)41(37)47/h1-25H. The summed E-state index contributed by atoms with van der Waals surface area (Å²) in [6.45, 7) is 0. The minimum absolute atomic E-state index is 0.721. The molecule has 3 nitrogen and oxygen atoms in total. The van der Waals surface area contributed by atoms with Crippen LogP contribution in [0.5, 0.6) is 0 Å². The molecule has 0 aliphatic carbocycles. The quantitative estimate of drug-likeness (QED) is 0.189. The van der Waals surface area contributed by atoms with Crippen molar-refractivity contribution in [1.82, 2.24) is 14.5 Å². The van der Waals surface area contributed by atoms with Gasteiger partial charge in [-0.3, -0.25) is 0 Å². The van der Waals surface area contributed by atoms with Gasteiger partial charge in [-0.05, 0) is 36.4 Å². The molecule has 5 heteroatoms. The number of thiophene rings is 2. The topological polar surface area (TPSA) is 30.7 Å². The van der Waals surface area contributed by atoms with Crippen molar-refractivity contribution in [1.29, 1.82) is 0 Å². The van der Waals surface area contributed by atoms with Crippen molar-refractivity contribution in [3.63, 3.8) is 0 Å². The Labute approximate surface area is 289 Å². The predicted molar refractivity (Wildman–Crippen MR) is 211 cm³/mol. The van der Waals surface area contributed by atoms with Gasteiger partial charge in [0.25, 0.3) is 0 Å². The number of fused-ring (bicyclic) bond motifs is 13. The van der Waals surface area contributed by atoms with E-state index in [9.17, 15) is 0 Å². The Morgan fingerprint density at radius 1 is 0.449 bits per heavy atom. The number of aromatic nitrogens is 3. The number of para-hydroxylation sites is 2. The molecule has 228 valence electrons. The summed E-state index contributed by atoms with van der Waals surface area (Å²) in [6, 6.07) is 54.2. The third-order valence-electron chi connectivity index (χ3n) is 9.77. The minimum atomic E-state index is 0.721. The largest absolute Gasteiger partial charge is 0.308 e. The SMILES string of the molecule is c1ccc(-c2nc(-c3cccc(-n4c5ccccc5c5c6c7ccccc7sc6c6c7ccccc7sc6c54)c3)nc3ccccc23)cc1. The molecule has 0 N–H and O–H groups in total. The maximum absolute atomic E-state index is 5.22. The van der Waals surface area contributed by atoms with E-state index in [4.69, 9.17) is 9.97 Å². The molecule has 0 fully saturated rings. The molecule has 7 aromatic carbocycles. The van der Waals surface area contributed by atoms with Gasteiger partial charge in [0.1, 0.15) is 0 Å². The molecule has 0 bridgehead atoms. The predicted octanol–water partition coefficient (Wildman–Crippen LogP) is 12.8. The van der Waals surface area contributed by atoms with Crippen LogP contribution in [0.4, 0.5) is 0 Å². The van der Waals surface area contributed by atoms with E-state index in [0.717, 1.165) is 39.2 Å². The van der Waals surface area contributed by atoms with Gasteiger partial charge in [-0.1, -0.05) is 115 Å². The maximum atomic E-state index is 5.22. The van der Waals surface area contributed by atoms with Crippen LogP contribution >= 0.6 is 22.7 Å². The van der Waals surface area contributed by atoms with Gasteiger partial charge in [0.05, 0.1) is 26.9 Å². The van der Waals surface area contributed by atoms with Crippen LogP contribution in [0.1, 0.15) is 0 Å². The zero-order valence-electron chi connectivity index (χ0n) is 26.1. The van der Waals surface area contributed by atoms with Crippen LogP contribution in [0, 0.1) is 0 Å². The molecule has 4 aromatic heterocycles. The fourth-order valence-electron chi connectivity index (χ4n) is 7.69. The second-order valence-corrected chi connectivity index (χ2v) is 14.6.